The third-order valence-corrected chi connectivity index (χ3v) is 8.08. The number of methoxy groups -OCH3 is 1. The van der Waals surface area contributed by atoms with Crippen LogP contribution in [0.5, 0.6) is 11.5 Å². The van der Waals surface area contributed by atoms with Crippen LogP contribution in [0.3, 0.4) is 0 Å². The third kappa shape index (κ3) is 6.25. The number of hydrazine groups is 1. The van der Waals surface area contributed by atoms with Gasteiger partial charge in [0.05, 0.1) is 20.2 Å². The fourth-order valence-corrected chi connectivity index (χ4v) is 5.83. The van der Waals surface area contributed by atoms with Crippen LogP contribution in [-0.4, -0.2) is 82.2 Å². The van der Waals surface area contributed by atoms with Gasteiger partial charge in [0.2, 0.25) is 11.8 Å². The number of rotatable bonds is 7. The zero-order valence-electron chi connectivity index (χ0n) is 23.2. The summed E-state index contributed by atoms with van der Waals surface area (Å²) in [5.74, 6) is 0.285. The highest BCUT2D eigenvalue weighted by atomic mass is 35.5. The molecule has 2 aliphatic rings. The van der Waals surface area contributed by atoms with E-state index < -0.39 is 18.2 Å². The van der Waals surface area contributed by atoms with E-state index in [-0.39, 0.29) is 50.2 Å². The van der Waals surface area contributed by atoms with Crippen molar-refractivity contribution < 1.29 is 24.2 Å². The SMILES string of the molecule is COc1ccc(CNC(=O)N2[C@H]3CN(Cc4ccc(Cl)cc4Cl)C(=O)C(Cc4ccc(O)cc4)N3C(=O)CN2C)cc1. The van der Waals surface area contributed by atoms with Crippen LogP contribution in [0.4, 0.5) is 4.79 Å². The average Bonchev–Trinajstić information content (AvgIpc) is 2.96. The van der Waals surface area contributed by atoms with Crippen molar-refractivity contribution in [1.82, 2.24) is 25.1 Å². The highest BCUT2D eigenvalue weighted by Gasteiger charge is 2.50. The molecule has 1 unspecified atom stereocenters. The molecule has 4 amide bonds. The van der Waals surface area contributed by atoms with Crippen molar-refractivity contribution in [1.29, 1.82) is 0 Å². The molecule has 2 heterocycles. The van der Waals surface area contributed by atoms with Gasteiger partial charge >= 0.3 is 6.03 Å². The number of hydrogen-bond donors (Lipinski definition) is 2. The lowest BCUT2D eigenvalue weighted by atomic mass is 9.98. The molecule has 0 bridgehead atoms. The number of phenols is 1. The van der Waals surface area contributed by atoms with Crippen molar-refractivity contribution in [3.8, 4) is 11.5 Å². The van der Waals surface area contributed by atoms with Crippen LogP contribution in [0.1, 0.15) is 16.7 Å². The van der Waals surface area contributed by atoms with Crippen molar-refractivity contribution in [3.63, 3.8) is 0 Å². The fraction of sp³-hybridized carbons (Fsp3) is 0.300. The number of halogens is 2. The largest absolute Gasteiger partial charge is 0.508 e. The van der Waals surface area contributed by atoms with Crippen molar-refractivity contribution in [2.75, 3.05) is 27.2 Å². The molecule has 10 nitrogen and oxygen atoms in total. The number of carbonyl (C=O) groups is 3. The van der Waals surface area contributed by atoms with E-state index in [9.17, 15) is 19.5 Å². The van der Waals surface area contributed by atoms with E-state index in [0.29, 0.717) is 21.4 Å². The topological polar surface area (TPSA) is 106 Å². The lowest BCUT2D eigenvalue weighted by Gasteiger charge is -2.54. The van der Waals surface area contributed by atoms with Gasteiger partial charge in [-0.2, -0.15) is 0 Å². The number of benzene rings is 3. The number of nitrogens with zero attached hydrogens (tertiary/aromatic N) is 4. The normalized spacial score (nSPS) is 19.1. The number of piperazine rings is 1. The van der Waals surface area contributed by atoms with Crippen LogP contribution < -0.4 is 10.1 Å². The molecule has 220 valence electrons. The van der Waals surface area contributed by atoms with Crippen molar-refractivity contribution >= 4 is 41.0 Å². The van der Waals surface area contributed by atoms with Crippen LogP contribution in [0.15, 0.2) is 66.7 Å². The first kappa shape index (κ1) is 29.5. The van der Waals surface area contributed by atoms with Gasteiger partial charge in [-0.05, 0) is 53.1 Å². The summed E-state index contributed by atoms with van der Waals surface area (Å²) in [6, 6.07) is 17.7. The van der Waals surface area contributed by atoms with Gasteiger partial charge in [-0.3, -0.25) is 9.59 Å². The molecule has 0 radical (unpaired) electrons. The second-order valence-corrected chi connectivity index (χ2v) is 11.1. The Labute approximate surface area is 253 Å². The van der Waals surface area contributed by atoms with Gasteiger partial charge in [0, 0.05) is 36.6 Å². The second-order valence-electron chi connectivity index (χ2n) is 10.3. The summed E-state index contributed by atoms with van der Waals surface area (Å²) in [4.78, 5) is 44.2. The van der Waals surface area contributed by atoms with E-state index in [1.54, 1.807) is 54.4 Å². The van der Waals surface area contributed by atoms with E-state index in [0.717, 1.165) is 11.1 Å². The Hall–Kier alpha value is -3.99. The average molecular weight is 613 g/mol. The Balaban J connectivity index is 1.44. The lowest BCUT2D eigenvalue weighted by Crippen LogP contribution is -2.76. The number of fused-ring (bicyclic) bond motifs is 1. The molecule has 2 N–H and O–H groups in total. The molecule has 2 atom stereocenters. The number of ether oxygens (including phenoxy) is 1. The number of likely N-dealkylation sites (N-methyl/N-ethyl adjacent to an activating group) is 1. The van der Waals surface area contributed by atoms with Gasteiger partial charge in [-0.1, -0.05) is 53.5 Å². The Bertz CT molecular complexity index is 1470. The molecule has 5 rings (SSSR count). The number of nitrogens with one attached hydrogen (secondary N) is 1. The van der Waals surface area contributed by atoms with Crippen LogP contribution in [0.25, 0.3) is 0 Å². The standard InChI is InChI=1S/C30H31Cl2N5O5/c1-34-18-28(39)36-26(13-19-3-9-23(38)10-4-19)29(40)35(16-21-7-8-22(31)14-25(21)32)17-27(36)37(34)30(41)33-15-20-5-11-24(42-2)12-6-20/h3-12,14,26-27,38H,13,15-18H2,1-2H3,(H,33,41)/t26?,27-/m0/s1. The molecule has 0 aliphatic carbocycles. The third-order valence-electron chi connectivity index (χ3n) is 7.49. The maximum absolute atomic E-state index is 14.0. The minimum atomic E-state index is -0.877. The van der Waals surface area contributed by atoms with E-state index >= 15 is 0 Å². The number of aromatic hydroxyl groups is 1. The first-order valence-electron chi connectivity index (χ1n) is 13.4. The zero-order valence-corrected chi connectivity index (χ0v) is 24.7. The number of phenolic OH excluding ortho intramolecular Hbond substituents is 1. The van der Waals surface area contributed by atoms with E-state index in [1.807, 2.05) is 24.3 Å². The first-order valence-corrected chi connectivity index (χ1v) is 14.1. The Morgan fingerprint density at radius 1 is 1.02 bits per heavy atom. The molecule has 2 saturated heterocycles. The quantitative estimate of drug-likeness (QED) is 0.420. The molecule has 3 aromatic rings. The number of urea groups is 1. The summed E-state index contributed by atoms with van der Waals surface area (Å²) in [6.45, 7) is 0.434. The van der Waals surface area contributed by atoms with Gasteiger partial charge in [-0.15, -0.1) is 0 Å². The molecular formula is C30H31Cl2N5O5. The predicted octanol–water partition coefficient (Wildman–Crippen LogP) is 3.89. The molecule has 0 spiro atoms. The predicted molar refractivity (Wildman–Crippen MR) is 158 cm³/mol. The lowest BCUT2D eigenvalue weighted by molar-refractivity contribution is -0.187. The number of amides is 4. The molecular weight excluding hydrogens is 581 g/mol. The molecule has 2 aliphatic heterocycles. The molecule has 0 saturated carbocycles. The summed E-state index contributed by atoms with van der Waals surface area (Å²) < 4.78 is 5.21. The van der Waals surface area contributed by atoms with Crippen molar-refractivity contribution in [3.05, 3.63) is 93.5 Å². The summed E-state index contributed by atoms with van der Waals surface area (Å²) in [5, 5.41) is 16.7. The summed E-state index contributed by atoms with van der Waals surface area (Å²) >= 11 is 12.5. The van der Waals surface area contributed by atoms with Crippen molar-refractivity contribution in [2.24, 2.45) is 0 Å². The highest BCUT2D eigenvalue weighted by Crippen LogP contribution is 2.30. The number of carbonyl (C=O) groups excluding carboxylic acids is 3. The Kier molecular flexibility index (Phi) is 8.77. The molecule has 0 aromatic heterocycles. The second kappa shape index (κ2) is 12.5. The summed E-state index contributed by atoms with van der Waals surface area (Å²) in [7, 11) is 3.26. The summed E-state index contributed by atoms with van der Waals surface area (Å²) in [5.41, 5.74) is 2.33. The monoisotopic (exact) mass is 611 g/mol. The van der Waals surface area contributed by atoms with Crippen LogP contribution in [0.2, 0.25) is 10.0 Å². The first-order chi connectivity index (χ1) is 20.1. The Morgan fingerprint density at radius 3 is 2.38 bits per heavy atom. The molecule has 42 heavy (non-hydrogen) atoms. The number of hydrogen-bond acceptors (Lipinski definition) is 6. The minimum Gasteiger partial charge on any atom is -0.508 e. The minimum absolute atomic E-state index is 0.0746. The van der Waals surface area contributed by atoms with Crippen LogP contribution in [-0.2, 0) is 29.1 Å². The summed E-state index contributed by atoms with van der Waals surface area (Å²) in [6.07, 6.45) is -0.560. The van der Waals surface area contributed by atoms with Gasteiger partial charge < -0.3 is 25.0 Å². The van der Waals surface area contributed by atoms with Gasteiger partial charge in [0.1, 0.15) is 23.7 Å². The van der Waals surface area contributed by atoms with E-state index in [1.165, 1.54) is 22.0 Å². The van der Waals surface area contributed by atoms with Gasteiger partial charge in [0.15, 0.2) is 0 Å². The van der Waals surface area contributed by atoms with E-state index in [4.69, 9.17) is 27.9 Å². The van der Waals surface area contributed by atoms with Crippen LogP contribution >= 0.6 is 23.2 Å². The van der Waals surface area contributed by atoms with Gasteiger partial charge in [-0.25, -0.2) is 14.8 Å². The van der Waals surface area contributed by atoms with E-state index in [2.05, 4.69) is 5.32 Å². The van der Waals surface area contributed by atoms with Crippen molar-refractivity contribution in [2.45, 2.75) is 31.7 Å². The maximum Gasteiger partial charge on any atom is 0.334 e. The molecule has 12 heteroatoms. The zero-order chi connectivity index (χ0) is 30.0. The molecule has 2 fully saturated rings. The molecule has 3 aromatic carbocycles. The highest BCUT2D eigenvalue weighted by molar-refractivity contribution is 6.35. The fourth-order valence-electron chi connectivity index (χ4n) is 5.36. The smallest absolute Gasteiger partial charge is 0.334 e. The van der Waals surface area contributed by atoms with Gasteiger partial charge in [0.25, 0.3) is 0 Å². The maximum atomic E-state index is 14.0. The van der Waals surface area contributed by atoms with Crippen LogP contribution in [0, 0.1) is 0 Å². The Morgan fingerprint density at radius 2 is 1.71 bits per heavy atom.